The molecule has 19 heavy (non-hydrogen) atoms. The zero-order chi connectivity index (χ0) is 14.5. The molecule has 1 rings (SSSR count). The maximum atomic E-state index is 11.8. The van der Waals surface area contributed by atoms with E-state index in [0.717, 1.165) is 5.56 Å². The fraction of sp³-hybridized carbons (Fsp3) is 0.417. The Kier molecular flexibility index (Phi) is 5.46. The molecule has 0 aromatic heterocycles. The minimum absolute atomic E-state index is 0.328. The van der Waals surface area contributed by atoms with Gasteiger partial charge in [0.05, 0.1) is 11.9 Å². The average molecular weight is 287 g/mol. The Morgan fingerprint density at radius 1 is 1.37 bits per heavy atom. The summed E-state index contributed by atoms with van der Waals surface area (Å²) in [6, 6.07) is 7.71. The first-order valence-corrected chi connectivity index (χ1v) is 7.31. The first-order valence-electron chi connectivity index (χ1n) is 5.66. The summed E-state index contributed by atoms with van der Waals surface area (Å²) in [4.78, 5) is 10.6. The van der Waals surface area contributed by atoms with Crippen molar-refractivity contribution < 1.29 is 23.1 Å². The van der Waals surface area contributed by atoms with Crippen LogP contribution in [0, 0.1) is 0 Å². The molecule has 0 saturated carbocycles. The molecular weight excluding hydrogens is 270 g/mol. The van der Waals surface area contributed by atoms with Gasteiger partial charge in [0.2, 0.25) is 10.0 Å². The topological polar surface area (TPSA) is 92.7 Å². The summed E-state index contributed by atoms with van der Waals surface area (Å²) >= 11 is 0. The second kappa shape index (κ2) is 6.65. The lowest BCUT2D eigenvalue weighted by atomic mass is 10.1. The molecule has 0 bridgehead atoms. The summed E-state index contributed by atoms with van der Waals surface area (Å²) in [5.41, 5.74) is 0.721. The van der Waals surface area contributed by atoms with Gasteiger partial charge in [-0.15, -0.1) is 0 Å². The van der Waals surface area contributed by atoms with Gasteiger partial charge in [0.15, 0.2) is 0 Å². The highest BCUT2D eigenvalue weighted by atomic mass is 32.2. The fourth-order valence-electron chi connectivity index (χ4n) is 1.54. The van der Waals surface area contributed by atoms with Crippen LogP contribution in [0.4, 0.5) is 0 Å². The van der Waals surface area contributed by atoms with E-state index in [1.54, 1.807) is 24.3 Å². The van der Waals surface area contributed by atoms with Crippen LogP contribution in [0.2, 0.25) is 0 Å². The Bertz CT molecular complexity index is 514. The van der Waals surface area contributed by atoms with Crippen molar-refractivity contribution in [2.24, 2.45) is 0 Å². The van der Waals surface area contributed by atoms with Gasteiger partial charge in [-0.05, 0) is 12.5 Å². The van der Waals surface area contributed by atoms with Gasteiger partial charge < -0.3 is 9.84 Å². The molecule has 0 aliphatic rings. The van der Waals surface area contributed by atoms with Crippen molar-refractivity contribution in [2.75, 3.05) is 12.9 Å². The first-order chi connectivity index (χ1) is 8.85. The smallest absolute Gasteiger partial charge is 0.321 e. The van der Waals surface area contributed by atoms with Crippen molar-refractivity contribution in [3.8, 4) is 0 Å². The summed E-state index contributed by atoms with van der Waals surface area (Å²) in [6.07, 6.45) is -0.639. The van der Waals surface area contributed by atoms with Crippen molar-refractivity contribution in [1.29, 1.82) is 0 Å². The normalized spacial score (nSPS) is 14.8. The van der Waals surface area contributed by atoms with Crippen LogP contribution in [-0.4, -0.2) is 38.4 Å². The van der Waals surface area contributed by atoms with Gasteiger partial charge in [-0.25, -0.2) is 13.1 Å². The molecule has 7 heteroatoms. The summed E-state index contributed by atoms with van der Waals surface area (Å²) < 4.78 is 30.9. The van der Waals surface area contributed by atoms with Crippen LogP contribution in [0.25, 0.3) is 0 Å². The van der Waals surface area contributed by atoms with Crippen molar-refractivity contribution in [1.82, 2.24) is 4.72 Å². The average Bonchev–Trinajstić information content (AvgIpc) is 2.36. The molecule has 0 spiro atoms. The Labute approximate surface area is 112 Å². The number of methoxy groups -OCH3 is 1. The number of aliphatic carboxylic acids is 1. The molecule has 0 radical (unpaired) electrons. The van der Waals surface area contributed by atoms with Crippen LogP contribution in [0.15, 0.2) is 30.3 Å². The SMILES string of the molecule is COC(CS(=O)(=O)N[C@H](C)C(=O)O)c1ccccc1. The minimum Gasteiger partial charge on any atom is -0.480 e. The van der Waals surface area contributed by atoms with Crippen molar-refractivity contribution in [3.05, 3.63) is 35.9 Å². The van der Waals surface area contributed by atoms with Crippen LogP contribution in [-0.2, 0) is 19.6 Å². The van der Waals surface area contributed by atoms with E-state index < -0.39 is 28.1 Å². The van der Waals surface area contributed by atoms with E-state index >= 15 is 0 Å². The fourth-order valence-corrected chi connectivity index (χ4v) is 3.00. The molecule has 0 saturated heterocycles. The maximum absolute atomic E-state index is 11.8. The Balaban J connectivity index is 2.78. The van der Waals surface area contributed by atoms with Gasteiger partial charge in [0.1, 0.15) is 6.04 Å². The van der Waals surface area contributed by atoms with E-state index in [-0.39, 0.29) is 5.75 Å². The number of hydrogen-bond donors (Lipinski definition) is 2. The Morgan fingerprint density at radius 3 is 2.42 bits per heavy atom. The van der Waals surface area contributed by atoms with Crippen molar-refractivity contribution >= 4 is 16.0 Å². The number of nitrogens with one attached hydrogen (secondary N) is 1. The third-order valence-electron chi connectivity index (χ3n) is 2.55. The maximum Gasteiger partial charge on any atom is 0.321 e. The molecule has 1 aromatic carbocycles. The summed E-state index contributed by atoms with van der Waals surface area (Å²) in [5.74, 6) is -1.55. The lowest BCUT2D eigenvalue weighted by Crippen LogP contribution is -2.40. The molecule has 0 aliphatic heterocycles. The van der Waals surface area contributed by atoms with Gasteiger partial charge in [0.25, 0.3) is 0 Å². The summed E-state index contributed by atoms with van der Waals surface area (Å²) in [7, 11) is -2.33. The van der Waals surface area contributed by atoms with Crippen molar-refractivity contribution in [3.63, 3.8) is 0 Å². The van der Waals surface area contributed by atoms with Gasteiger partial charge in [-0.3, -0.25) is 4.79 Å². The van der Waals surface area contributed by atoms with Crippen LogP contribution >= 0.6 is 0 Å². The standard InChI is InChI=1S/C12H17NO5S/c1-9(12(14)15)13-19(16,17)8-11(18-2)10-6-4-3-5-7-10/h3-7,9,11,13H,8H2,1-2H3,(H,14,15)/t9-,11?/m1/s1. The van der Waals surface area contributed by atoms with E-state index in [1.165, 1.54) is 14.0 Å². The zero-order valence-electron chi connectivity index (χ0n) is 10.7. The third kappa shape index (κ3) is 4.98. The van der Waals surface area contributed by atoms with Gasteiger partial charge >= 0.3 is 5.97 Å². The summed E-state index contributed by atoms with van der Waals surface area (Å²) in [6.45, 7) is 1.27. The summed E-state index contributed by atoms with van der Waals surface area (Å²) in [5, 5.41) is 8.70. The lowest BCUT2D eigenvalue weighted by molar-refractivity contribution is -0.138. The van der Waals surface area contributed by atoms with Crippen LogP contribution in [0.5, 0.6) is 0 Å². The molecule has 0 aliphatic carbocycles. The zero-order valence-corrected chi connectivity index (χ0v) is 11.6. The molecule has 2 atom stereocenters. The van der Waals surface area contributed by atoms with Gasteiger partial charge in [-0.2, -0.15) is 0 Å². The number of carboxylic acid groups (broad SMARTS) is 1. The molecular formula is C12H17NO5S. The predicted octanol–water partition coefficient (Wildman–Crippen LogP) is 0.767. The molecule has 0 amide bonds. The minimum atomic E-state index is -3.74. The Hall–Kier alpha value is -1.44. The lowest BCUT2D eigenvalue weighted by Gasteiger charge is -2.17. The number of carboxylic acids is 1. The van der Waals surface area contributed by atoms with Crippen LogP contribution in [0.3, 0.4) is 0 Å². The molecule has 1 aromatic rings. The number of benzene rings is 1. The van der Waals surface area contributed by atoms with Crippen molar-refractivity contribution in [2.45, 2.75) is 19.1 Å². The largest absolute Gasteiger partial charge is 0.480 e. The number of rotatable bonds is 7. The number of sulfonamides is 1. The molecule has 2 N–H and O–H groups in total. The number of hydrogen-bond acceptors (Lipinski definition) is 4. The highest BCUT2D eigenvalue weighted by Gasteiger charge is 2.24. The number of ether oxygens (including phenoxy) is 1. The van der Waals surface area contributed by atoms with E-state index in [0.29, 0.717) is 0 Å². The monoisotopic (exact) mass is 287 g/mol. The molecule has 6 nitrogen and oxygen atoms in total. The van der Waals surface area contributed by atoms with Gasteiger partial charge in [0, 0.05) is 7.11 Å². The molecule has 106 valence electrons. The molecule has 0 fully saturated rings. The van der Waals surface area contributed by atoms with E-state index in [2.05, 4.69) is 4.72 Å². The molecule has 0 heterocycles. The van der Waals surface area contributed by atoms with Crippen LogP contribution in [0.1, 0.15) is 18.6 Å². The third-order valence-corrected chi connectivity index (χ3v) is 4.01. The second-order valence-electron chi connectivity index (χ2n) is 4.09. The van der Waals surface area contributed by atoms with Gasteiger partial charge in [-0.1, -0.05) is 30.3 Å². The quantitative estimate of drug-likeness (QED) is 0.772. The highest BCUT2D eigenvalue weighted by molar-refractivity contribution is 7.89. The second-order valence-corrected chi connectivity index (χ2v) is 5.89. The number of carbonyl (C=O) groups is 1. The van der Waals surface area contributed by atoms with E-state index in [4.69, 9.17) is 9.84 Å². The van der Waals surface area contributed by atoms with E-state index in [1.807, 2.05) is 6.07 Å². The highest BCUT2D eigenvalue weighted by Crippen LogP contribution is 2.17. The Morgan fingerprint density at radius 2 is 1.95 bits per heavy atom. The molecule has 1 unspecified atom stereocenters. The van der Waals surface area contributed by atoms with E-state index in [9.17, 15) is 13.2 Å². The van der Waals surface area contributed by atoms with Crippen LogP contribution < -0.4 is 4.72 Å². The first kappa shape index (κ1) is 15.6. The predicted molar refractivity (Wildman–Crippen MR) is 70.2 cm³/mol.